The molecular weight excluding hydrogens is 326 g/mol. The predicted octanol–water partition coefficient (Wildman–Crippen LogP) is 3.26. The maximum atomic E-state index is 11.7. The minimum atomic E-state index is -0.869. The molecule has 5 rings (SSSR count). The number of hydrogen-bond acceptors (Lipinski definition) is 4. The number of aromatic hydroxyl groups is 1. The summed E-state index contributed by atoms with van der Waals surface area (Å²) in [5, 5.41) is 29.9. The van der Waals surface area contributed by atoms with Gasteiger partial charge in [0.05, 0.1) is 6.20 Å². The Bertz CT molecular complexity index is 863. The molecule has 0 unspecified atom stereocenters. The topological polar surface area (TPSA) is 71.2 Å². The van der Waals surface area contributed by atoms with Gasteiger partial charge in [0.15, 0.2) is 0 Å². The quantitative estimate of drug-likeness (QED) is 0.825. The maximum absolute atomic E-state index is 11.7. The molecule has 3 aliphatic carbocycles. The molecule has 0 radical (unpaired) electrons. The first kappa shape index (κ1) is 16.3. The van der Waals surface area contributed by atoms with Gasteiger partial charge in [0, 0.05) is 12.5 Å². The second kappa shape index (κ2) is 5.32. The van der Waals surface area contributed by atoms with Gasteiger partial charge in [-0.2, -0.15) is 0 Å². The van der Waals surface area contributed by atoms with Crippen LogP contribution < -0.4 is 0 Å². The zero-order valence-electron chi connectivity index (χ0n) is 15.5. The summed E-state index contributed by atoms with van der Waals surface area (Å²) in [7, 11) is 1.86. The lowest BCUT2D eigenvalue weighted by Gasteiger charge is -2.52. The summed E-state index contributed by atoms with van der Waals surface area (Å²) in [6, 6.07) is 5.91. The van der Waals surface area contributed by atoms with E-state index in [4.69, 9.17) is 0 Å². The van der Waals surface area contributed by atoms with Crippen molar-refractivity contribution in [1.29, 1.82) is 0 Å². The van der Waals surface area contributed by atoms with Gasteiger partial charge in [0.2, 0.25) is 0 Å². The number of fused-ring (bicyclic) bond motifs is 5. The van der Waals surface area contributed by atoms with Crippen LogP contribution in [0.5, 0.6) is 5.75 Å². The van der Waals surface area contributed by atoms with E-state index in [-0.39, 0.29) is 5.41 Å². The molecule has 3 aliphatic rings. The number of rotatable bonds is 1. The van der Waals surface area contributed by atoms with Crippen molar-refractivity contribution in [3.05, 3.63) is 41.2 Å². The molecule has 0 amide bonds. The molecule has 0 saturated heterocycles. The minimum Gasteiger partial charge on any atom is -0.508 e. The molecule has 26 heavy (non-hydrogen) atoms. The maximum Gasteiger partial charge on any atom is 0.116 e. The van der Waals surface area contributed by atoms with Crippen molar-refractivity contribution in [2.45, 2.75) is 57.0 Å². The summed E-state index contributed by atoms with van der Waals surface area (Å²) in [6.07, 6.45) is 8.00. The van der Waals surface area contributed by atoms with Gasteiger partial charge in [0.25, 0.3) is 0 Å². The van der Waals surface area contributed by atoms with Crippen LogP contribution in [0.4, 0.5) is 0 Å². The van der Waals surface area contributed by atoms with Crippen LogP contribution in [0.3, 0.4) is 0 Å². The summed E-state index contributed by atoms with van der Waals surface area (Å²) < 4.78 is 1.69. The average Bonchev–Trinajstić information content (AvgIpc) is 3.17. The van der Waals surface area contributed by atoms with Gasteiger partial charge in [-0.3, -0.25) is 4.68 Å². The van der Waals surface area contributed by atoms with E-state index in [0.717, 1.165) is 44.2 Å². The molecule has 2 saturated carbocycles. The van der Waals surface area contributed by atoms with Crippen LogP contribution in [0.1, 0.15) is 61.8 Å². The van der Waals surface area contributed by atoms with Crippen LogP contribution >= 0.6 is 0 Å². The van der Waals surface area contributed by atoms with E-state index in [1.54, 1.807) is 4.68 Å². The Hall–Kier alpha value is -1.88. The Morgan fingerprint density at radius 1 is 1.19 bits per heavy atom. The molecule has 138 valence electrons. The Labute approximate surface area is 154 Å². The molecule has 1 heterocycles. The van der Waals surface area contributed by atoms with Crippen LogP contribution in [0.15, 0.2) is 24.4 Å². The van der Waals surface area contributed by atoms with Gasteiger partial charge >= 0.3 is 0 Å². The van der Waals surface area contributed by atoms with Gasteiger partial charge in [-0.05, 0) is 79.5 Å². The third kappa shape index (κ3) is 2.01. The third-order valence-corrected chi connectivity index (χ3v) is 7.89. The SMILES string of the molecule is Cn1cc([C@]2(O)CC[C@H]3[C@@H]4CCc5cc(O)ccc5[C@H]4CC[C@@]32C)nn1. The molecule has 2 N–H and O–H groups in total. The summed E-state index contributed by atoms with van der Waals surface area (Å²) in [5.74, 6) is 2.05. The molecule has 2 fully saturated rings. The highest BCUT2D eigenvalue weighted by Gasteiger charge is 2.63. The van der Waals surface area contributed by atoms with Gasteiger partial charge in [0.1, 0.15) is 17.0 Å². The van der Waals surface area contributed by atoms with Gasteiger partial charge in [-0.25, -0.2) is 0 Å². The molecule has 1 aromatic heterocycles. The molecule has 0 aliphatic heterocycles. The van der Waals surface area contributed by atoms with E-state index in [1.165, 1.54) is 11.1 Å². The smallest absolute Gasteiger partial charge is 0.116 e. The van der Waals surface area contributed by atoms with Crippen LogP contribution in [-0.2, 0) is 19.1 Å². The predicted molar refractivity (Wildman–Crippen MR) is 97.6 cm³/mol. The fraction of sp³-hybridized carbons (Fsp3) is 0.619. The van der Waals surface area contributed by atoms with Crippen LogP contribution in [0.25, 0.3) is 0 Å². The molecule has 5 heteroatoms. The molecule has 5 atom stereocenters. The largest absolute Gasteiger partial charge is 0.508 e. The number of nitrogens with zero attached hydrogens (tertiary/aromatic N) is 3. The number of benzene rings is 1. The number of phenolic OH excluding ortho intramolecular Hbond substituents is 1. The standard InChI is InChI=1S/C21H27N3O2/c1-20-9-7-16-15-6-4-14(25)11-13(15)3-5-17(16)18(20)8-10-21(20,26)19-12-24(2)23-22-19/h4,6,11-12,16-18,25-26H,3,5,7-10H2,1-2H3/t16-,17-,18+,20+,21-/m1/s1. The fourth-order valence-electron chi connectivity index (χ4n) is 6.54. The van der Waals surface area contributed by atoms with E-state index in [9.17, 15) is 10.2 Å². The van der Waals surface area contributed by atoms with Crippen LogP contribution in [-0.4, -0.2) is 25.2 Å². The Morgan fingerprint density at radius 3 is 2.81 bits per heavy atom. The fourth-order valence-corrected chi connectivity index (χ4v) is 6.54. The number of hydrogen-bond donors (Lipinski definition) is 2. The summed E-state index contributed by atoms with van der Waals surface area (Å²) >= 11 is 0. The van der Waals surface area contributed by atoms with E-state index in [0.29, 0.717) is 23.5 Å². The van der Waals surface area contributed by atoms with E-state index in [1.807, 2.05) is 25.4 Å². The lowest BCUT2D eigenvalue weighted by atomic mass is 9.53. The van der Waals surface area contributed by atoms with Crippen molar-refractivity contribution in [3.63, 3.8) is 0 Å². The second-order valence-electron chi connectivity index (χ2n) is 8.93. The summed E-state index contributed by atoms with van der Waals surface area (Å²) in [6.45, 7) is 2.28. The van der Waals surface area contributed by atoms with Gasteiger partial charge < -0.3 is 10.2 Å². The van der Waals surface area contributed by atoms with Gasteiger partial charge in [-0.1, -0.05) is 18.2 Å². The number of aromatic nitrogens is 3. The first-order chi connectivity index (χ1) is 12.4. The molecule has 1 aromatic carbocycles. The van der Waals surface area contributed by atoms with Crippen LogP contribution in [0, 0.1) is 17.3 Å². The average molecular weight is 353 g/mol. The minimum absolute atomic E-state index is 0.140. The number of phenols is 1. The van der Waals surface area contributed by atoms with Crippen LogP contribution in [0.2, 0.25) is 0 Å². The van der Waals surface area contributed by atoms with Gasteiger partial charge in [-0.15, -0.1) is 5.10 Å². The summed E-state index contributed by atoms with van der Waals surface area (Å²) in [5.41, 5.74) is 2.47. The summed E-state index contributed by atoms with van der Waals surface area (Å²) in [4.78, 5) is 0. The van der Waals surface area contributed by atoms with E-state index < -0.39 is 5.60 Å². The lowest BCUT2D eigenvalue weighted by Crippen LogP contribution is -2.49. The molecule has 5 nitrogen and oxygen atoms in total. The van der Waals surface area contributed by atoms with Crippen molar-refractivity contribution in [2.24, 2.45) is 24.3 Å². The molecule has 0 bridgehead atoms. The monoisotopic (exact) mass is 353 g/mol. The second-order valence-corrected chi connectivity index (χ2v) is 8.93. The van der Waals surface area contributed by atoms with E-state index >= 15 is 0 Å². The van der Waals surface area contributed by atoms with Crippen molar-refractivity contribution < 1.29 is 10.2 Å². The van der Waals surface area contributed by atoms with Crippen molar-refractivity contribution in [3.8, 4) is 5.75 Å². The first-order valence-corrected chi connectivity index (χ1v) is 9.83. The highest BCUT2D eigenvalue weighted by Crippen LogP contribution is 2.66. The normalized spacial score (nSPS) is 38.5. The highest BCUT2D eigenvalue weighted by atomic mass is 16.3. The molecular formula is C21H27N3O2. The van der Waals surface area contributed by atoms with Crippen molar-refractivity contribution in [2.75, 3.05) is 0 Å². The number of aliphatic hydroxyl groups is 1. The molecule has 0 spiro atoms. The Balaban J connectivity index is 1.52. The zero-order chi connectivity index (χ0) is 18.1. The Kier molecular flexibility index (Phi) is 3.34. The highest BCUT2D eigenvalue weighted by molar-refractivity contribution is 5.40. The Morgan fingerprint density at radius 2 is 2.04 bits per heavy atom. The first-order valence-electron chi connectivity index (χ1n) is 9.83. The zero-order valence-corrected chi connectivity index (χ0v) is 15.5. The van der Waals surface area contributed by atoms with E-state index in [2.05, 4.69) is 23.3 Å². The van der Waals surface area contributed by atoms with Crippen molar-refractivity contribution in [1.82, 2.24) is 15.0 Å². The lowest BCUT2D eigenvalue weighted by molar-refractivity contribution is -0.111. The van der Waals surface area contributed by atoms with Crippen molar-refractivity contribution >= 4 is 0 Å². The number of aryl methyl sites for hydroxylation is 2. The third-order valence-electron chi connectivity index (χ3n) is 7.89. The molecule has 2 aromatic rings.